The van der Waals surface area contributed by atoms with Crippen LogP contribution in [-0.2, 0) is 0 Å². The first-order valence-electron chi connectivity index (χ1n) is 5.09. The Morgan fingerprint density at radius 1 is 1.60 bits per heavy atom. The molecule has 0 aliphatic rings. The second kappa shape index (κ2) is 5.07. The summed E-state index contributed by atoms with van der Waals surface area (Å²) in [6.45, 7) is 7.30. The van der Waals surface area contributed by atoms with Gasteiger partial charge in [-0.1, -0.05) is 12.2 Å². The van der Waals surface area contributed by atoms with Gasteiger partial charge in [0, 0.05) is 18.8 Å². The predicted molar refractivity (Wildman–Crippen MR) is 68.3 cm³/mol. The van der Waals surface area contributed by atoms with Crippen molar-refractivity contribution < 1.29 is 0 Å². The number of thiocarbonyl (C=S) groups is 1. The Balaban J connectivity index is 3.16. The third-order valence-corrected chi connectivity index (χ3v) is 2.49. The highest BCUT2D eigenvalue weighted by molar-refractivity contribution is 7.80. The molecule has 1 aromatic rings. The van der Waals surface area contributed by atoms with Crippen molar-refractivity contribution in [2.24, 2.45) is 5.73 Å². The number of anilines is 1. The Hall–Kier alpha value is -1.16. The summed E-state index contributed by atoms with van der Waals surface area (Å²) in [7, 11) is 0. The zero-order valence-corrected chi connectivity index (χ0v) is 10.2. The van der Waals surface area contributed by atoms with Crippen molar-refractivity contribution >= 4 is 22.9 Å². The van der Waals surface area contributed by atoms with E-state index in [9.17, 15) is 0 Å². The van der Waals surface area contributed by atoms with Gasteiger partial charge in [0.2, 0.25) is 0 Å². The average molecular weight is 223 g/mol. The van der Waals surface area contributed by atoms with Crippen molar-refractivity contribution in [1.82, 2.24) is 4.98 Å². The summed E-state index contributed by atoms with van der Waals surface area (Å²) in [6, 6.07) is 4.32. The summed E-state index contributed by atoms with van der Waals surface area (Å²) in [6.07, 6.45) is 1.71. The Kier molecular flexibility index (Phi) is 4.03. The minimum atomic E-state index is 0.352. The minimum absolute atomic E-state index is 0.352. The molecule has 4 heteroatoms. The van der Waals surface area contributed by atoms with Gasteiger partial charge in [-0.05, 0) is 32.9 Å². The van der Waals surface area contributed by atoms with Gasteiger partial charge in [-0.3, -0.25) is 4.98 Å². The van der Waals surface area contributed by atoms with Gasteiger partial charge >= 0.3 is 0 Å². The number of nitrogens with two attached hydrogens (primary N) is 1. The van der Waals surface area contributed by atoms with Crippen LogP contribution in [0.1, 0.15) is 26.5 Å². The van der Waals surface area contributed by atoms with Crippen LogP contribution >= 0.6 is 12.2 Å². The molecule has 0 aromatic carbocycles. The van der Waals surface area contributed by atoms with Crippen molar-refractivity contribution in [3.05, 3.63) is 24.0 Å². The van der Waals surface area contributed by atoms with E-state index in [4.69, 9.17) is 18.0 Å². The summed E-state index contributed by atoms with van der Waals surface area (Å²) in [4.78, 5) is 6.80. The Morgan fingerprint density at radius 2 is 2.27 bits per heavy atom. The Morgan fingerprint density at radius 3 is 2.73 bits per heavy atom. The van der Waals surface area contributed by atoms with E-state index in [1.807, 2.05) is 12.1 Å². The first kappa shape index (κ1) is 11.9. The normalized spacial score (nSPS) is 10.4. The maximum absolute atomic E-state index is 5.65. The molecule has 0 amide bonds. The van der Waals surface area contributed by atoms with E-state index < -0.39 is 0 Å². The lowest BCUT2D eigenvalue weighted by Crippen LogP contribution is -2.32. The fourth-order valence-corrected chi connectivity index (χ4v) is 1.79. The lowest BCUT2D eigenvalue weighted by molar-refractivity contribution is 0.701. The maximum Gasteiger partial charge on any atom is 0.124 e. The van der Waals surface area contributed by atoms with Gasteiger partial charge in [-0.15, -0.1) is 0 Å². The van der Waals surface area contributed by atoms with Gasteiger partial charge in [0.25, 0.3) is 0 Å². The van der Waals surface area contributed by atoms with Crippen LogP contribution in [-0.4, -0.2) is 22.6 Å². The molecule has 3 nitrogen and oxygen atoms in total. The van der Waals surface area contributed by atoms with Gasteiger partial charge in [0.1, 0.15) is 10.7 Å². The van der Waals surface area contributed by atoms with Gasteiger partial charge < -0.3 is 10.6 Å². The fourth-order valence-electron chi connectivity index (χ4n) is 1.63. The molecular weight excluding hydrogens is 206 g/mol. The number of nitrogens with zero attached hydrogens (tertiary/aromatic N) is 2. The highest BCUT2D eigenvalue weighted by Gasteiger charge is 2.14. The molecule has 0 radical (unpaired) electrons. The monoisotopic (exact) mass is 223 g/mol. The highest BCUT2D eigenvalue weighted by Crippen LogP contribution is 2.20. The number of rotatable bonds is 4. The predicted octanol–water partition coefficient (Wildman–Crippen LogP) is 1.95. The smallest absolute Gasteiger partial charge is 0.124 e. The molecule has 0 fully saturated rings. The molecule has 0 spiro atoms. The summed E-state index contributed by atoms with van der Waals surface area (Å²) >= 11 is 4.99. The van der Waals surface area contributed by atoms with E-state index in [1.165, 1.54) is 0 Å². The topological polar surface area (TPSA) is 42.2 Å². The van der Waals surface area contributed by atoms with Crippen molar-refractivity contribution in [3.8, 4) is 0 Å². The molecule has 0 atom stereocenters. The molecule has 2 N–H and O–H groups in total. The maximum atomic E-state index is 5.65. The molecular formula is C11H17N3S. The first-order chi connectivity index (χ1) is 7.07. The van der Waals surface area contributed by atoms with Crippen LogP contribution < -0.4 is 10.6 Å². The van der Waals surface area contributed by atoms with Crippen molar-refractivity contribution in [2.45, 2.75) is 26.8 Å². The molecule has 0 aliphatic heterocycles. The molecule has 0 bridgehead atoms. The zero-order chi connectivity index (χ0) is 11.4. The SMILES string of the molecule is CCN(c1cccnc1C(N)=S)C(C)C. The minimum Gasteiger partial charge on any atom is -0.388 e. The van der Waals surface area contributed by atoms with E-state index in [2.05, 4.69) is 30.7 Å². The largest absolute Gasteiger partial charge is 0.388 e. The number of aromatic nitrogens is 1. The third kappa shape index (κ3) is 2.65. The van der Waals surface area contributed by atoms with Crippen LogP contribution in [0, 0.1) is 0 Å². The molecule has 0 saturated carbocycles. The summed E-state index contributed by atoms with van der Waals surface area (Å²) < 4.78 is 0. The molecule has 15 heavy (non-hydrogen) atoms. The summed E-state index contributed by atoms with van der Waals surface area (Å²) in [5.74, 6) is 0. The molecule has 82 valence electrons. The molecule has 1 aromatic heterocycles. The standard InChI is InChI=1S/C11H17N3S/c1-4-14(8(2)3)9-6-5-7-13-10(9)11(12)15/h5-8H,4H2,1-3H3,(H2,12,15). The zero-order valence-electron chi connectivity index (χ0n) is 9.40. The Bertz CT molecular complexity index is 349. The quantitative estimate of drug-likeness (QED) is 0.792. The molecule has 0 unspecified atom stereocenters. The summed E-state index contributed by atoms with van der Waals surface area (Å²) in [5, 5.41) is 0. The van der Waals surface area contributed by atoms with E-state index in [0.717, 1.165) is 12.2 Å². The first-order valence-corrected chi connectivity index (χ1v) is 5.50. The lowest BCUT2D eigenvalue weighted by atomic mass is 10.2. The number of hydrogen-bond acceptors (Lipinski definition) is 3. The average Bonchev–Trinajstić information content (AvgIpc) is 2.18. The summed E-state index contributed by atoms with van der Waals surface area (Å²) in [5.41, 5.74) is 7.38. The number of hydrogen-bond donors (Lipinski definition) is 1. The molecule has 1 heterocycles. The van der Waals surface area contributed by atoms with Gasteiger partial charge in [-0.2, -0.15) is 0 Å². The fraction of sp³-hybridized carbons (Fsp3) is 0.455. The van der Waals surface area contributed by atoms with E-state index in [0.29, 0.717) is 16.7 Å². The van der Waals surface area contributed by atoms with E-state index in [1.54, 1.807) is 6.20 Å². The van der Waals surface area contributed by atoms with E-state index >= 15 is 0 Å². The van der Waals surface area contributed by atoms with Crippen LogP contribution in [0.5, 0.6) is 0 Å². The second-order valence-electron chi connectivity index (χ2n) is 3.62. The second-order valence-corrected chi connectivity index (χ2v) is 4.05. The lowest BCUT2D eigenvalue weighted by Gasteiger charge is -2.28. The number of pyridine rings is 1. The third-order valence-electron chi connectivity index (χ3n) is 2.29. The van der Waals surface area contributed by atoms with Crippen LogP contribution in [0.25, 0.3) is 0 Å². The van der Waals surface area contributed by atoms with Crippen LogP contribution in [0.4, 0.5) is 5.69 Å². The van der Waals surface area contributed by atoms with Crippen molar-refractivity contribution in [1.29, 1.82) is 0 Å². The highest BCUT2D eigenvalue weighted by atomic mass is 32.1. The Labute approximate surface area is 96.3 Å². The van der Waals surface area contributed by atoms with Crippen molar-refractivity contribution in [3.63, 3.8) is 0 Å². The molecule has 1 rings (SSSR count). The van der Waals surface area contributed by atoms with Gasteiger partial charge in [0.15, 0.2) is 0 Å². The van der Waals surface area contributed by atoms with E-state index in [-0.39, 0.29) is 0 Å². The molecule has 0 saturated heterocycles. The van der Waals surface area contributed by atoms with Crippen LogP contribution in [0.2, 0.25) is 0 Å². The van der Waals surface area contributed by atoms with Gasteiger partial charge in [0.05, 0.1) is 5.69 Å². The molecule has 0 aliphatic carbocycles. The van der Waals surface area contributed by atoms with Crippen LogP contribution in [0.3, 0.4) is 0 Å². The van der Waals surface area contributed by atoms with Crippen molar-refractivity contribution in [2.75, 3.05) is 11.4 Å². The van der Waals surface area contributed by atoms with Crippen LogP contribution in [0.15, 0.2) is 18.3 Å². The van der Waals surface area contributed by atoms with Gasteiger partial charge in [-0.25, -0.2) is 0 Å².